The highest BCUT2D eigenvalue weighted by molar-refractivity contribution is 5.99. The highest BCUT2D eigenvalue weighted by Gasteiger charge is 2.39. The summed E-state index contributed by atoms with van der Waals surface area (Å²) >= 11 is 0. The Morgan fingerprint density at radius 1 is 1.19 bits per heavy atom. The number of benzene rings is 1. The average Bonchev–Trinajstić information content (AvgIpc) is 3.14. The summed E-state index contributed by atoms with van der Waals surface area (Å²) in [4.78, 5) is 19.6. The Balaban J connectivity index is 1.49. The van der Waals surface area contributed by atoms with Gasteiger partial charge in [0, 0.05) is 36.9 Å². The zero-order chi connectivity index (χ0) is 17.8. The molecular formula is C21H26N4O. The van der Waals surface area contributed by atoms with Crippen molar-refractivity contribution in [2.75, 3.05) is 31.5 Å². The maximum Gasteiger partial charge on any atom is 0.255 e. The number of nitrogens with one attached hydrogen (secondary N) is 2. The van der Waals surface area contributed by atoms with E-state index in [0.29, 0.717) is 6.54 Å². The molecule has 2 saturated heterocycles. The van der Waals surface area contributed by atoms with E-state index in [1.54, 1.807) is 6.20 Å². The number of amides is 1. The predicted octanol–water partition coefficient (Wildman–Crippen LogP) is 2.91. The Labute approximate surface area is 154 Å². The summed E-state index contributed by atoms with van der Waals surface area (Å²) in [6.45, 7) is 4.45. The molecule has 0 saturated carbocycles. The third-order valence-electron chi connectivity index (χ3n) is 5.62. The lowest BCUT2D eigenvalue weighted by atomic mass is 9.79. The summed E-state index contributed by atoms with van der Waals surface area (Å²) in [7, 11) is 0. The van der Waals surface area contributed by atoms with Gasteiger partial charge in [0.25, 0.3) is 5.91 Å². The van der Waals surface area contributed by atoms with Gasteiger partial charge in [-0.25, -0.2) is 0 Å². The minimum atomic E-state index is 0.139. The molecule has 0 radical (unpaired) electrons. The Hall–Kier alpha value is -2.40. The third-order valence-corrected chi connectivity index (χ3v) is 5.62. The van der Waals surface area contributed by atoms with E-state index in [4.69, 9.17) is 0 Å². The number of rotatable bonds is 4. The van der Waals surface area contributed by atoms with E-state index in [1.807, 2.05) is 42.5 Å². The molecule has 4 rings (SSSR count). The van der Waals surface area contributed by atoms with E-state index in [-0.39, 0.29) is 11.3 Å². The number of para-hydroxylation sites is 1. The first-order chi connectivity index (χ1) is 12.8. The van der Waals surface area contributed by atoms with Crippen LogP contribution in [0.5, 0.6) is 0 Å². The zero-order valence-corrected chi connectivity index (χ0v) is 15.1. The van der Waals surface area contributed by atoms with Gasteiger partial charge in [0.05, 0.1) is 17.8 Å². The maximum absolute atomic E-state index is 13.2. The standard InChI is InChI=1S/C21H26N4O/c26-20(25-13-5-9-21(16-25)10-12-22-15-21)18-7-1-2-8-19(18)24-14-17-6-3-4-11-23-17/h1-4,6-8,11,22,24H,5,9-10,12-16H2. The van der Waals surface area contributed by atoms with Gasteiger partial charge >= 0.3 is 0 Å². The first-order valence-electron chi connectivity index (χ1n) is 9.49. The van der Waals surface area contributed by atoms with Crippen molar-refractivity contribution in [1.29, 1.82) is 0 Å². The molecule has 5 heteroatoms. The molecule has 2 aliphatic heterocycles. The van der Waals surface area contributed by atoms with Gasteiger partial charge in [0.1, 0.15) is 0 Å². The van der Waals surface area contributed by atoms with Crippen LogP contribution in [0.15, 0.2) is 48.7 Å². The largest absolute Gasteiger partial charge is 0.379 e. The number of aromatic nitrogens is 1. The summed E-state index contributed by atoms with van der Waals surface area (Å²) < 4.78 is 0. The monoisotopic (exact) mass is 350 g/mol. The van der Waals surface area contributed by atoms with Crippen molar-refractivity contribution in [1.82, 2.24) is 15.2 Å². The molecule has 1 amide bonds. The summed E-state index contributed by atoms with van der Waals surface area (Å²) in [5.74, 6) is 0.139. The predicted molar refractivity (Wildman–Crippen MR) is 103 cm³/mol. The smallest absolute Gasteiger partial charge is 0.255 e. The van der Waals surface area contributed by atoms with E-state index in [1.165, 1.54) is 12.8 Å². The van der Waals surface area contributed by atoms with Crippen molar-refractivity contribution < 1.29 is 4.79 Å². The van der Waals surface area contributed by atoms with Crippen molar-refractivity contribution >= 4 is 11.6 Å². The molecule has 2 aromatic rings. The zero-order valence-electron chi connectivity index (χ0n) is 15.1. The van der Waals surface area contributed by atoms with Crippen molar-refractivity contribution in [3.8, 4) is 0 Å². The number of carbonyl (C=O) groups is 1. The Kier molecular flexibility index (Phi) is 4.89. The number of carbonyl (C=O) groups excluding carboxylic acids is 1. The second-order valence-electron chi connectivity index (χ2n) is 7.48. The number of likely N-dealkylation sites (tertiary alicyclic amines) is 1. The van der Waals surface area contributed by atoms with Gasteiger partial charge in [-0.15, -0.1) is 0 Å². The molecular weight excluding hydrogens is 324 g/mol. The molecule has 1 aromatic heterocycles. The molecule has 0 aliphatic carbocycles. The van der Waals surface area contributed by atoms with Crippen LogP contribution in [0.1, 0.15) is 35.3 Å². The van der Waals surface area contributed by atoms with Crippen molar-refractivity contribution in [2.24, 2.45) is 5.41 Å². The molecule has 1 unspecified atom stereocenters. The van der Waals surface area contributed by atoms with Crippen LogP contribution < -0.4 is 10.6 Å². The second kappa shape index (κ2) is 7.46. The molecule has 2 aliphatic rings. The van der Waals surface area contributed by atoms with Gasteiger partial charge in [-0.1, -0.05) is 18.2 Å². The Morgan fingerprint density at radius 2 is 2.08 bits per heavy atom. The van der Waals surface area contributed by atoms with Crippen molar-refractivity contribution in [3.63, 3.8) is 0 Å². The quantitative estimate of drug-likeness (QED) is 0.890. The lowest BCUT2D eigenvalue weighted by Crippen LogP contribution is -2.47. The minimum absolute atomic E-state index is 0.139. The SMILES string of the molecule is O=C(c1ccccc1NCc1ccccn1)N1CCCC2(CCNC2)C1. The van der Waals surface area contributed by atoms with E-state index in [2.05, 4.69) is 20.5 Å². The van der Waals surface area contributed by atoms with E-state index in [9.17, 15) is 4.79 Å². The van der Waals surface area contributed by atoms with Crippen LogP contribution in [0.2, 0.25) is 0 Å². The molecule has 2 N–H and O–H groups in total. The summed E-state index contributed by atoms with van der Waals surface area (Å²) in [6, 6.07) is 13.7. The second-order valence-corrected chi connectivity index (χ2v) is 7.48. The average molecular weight is 350 g/mol. The van der Waals surface area contributed by atoms with Gasteiger partial charge in [-0.05, 0) is 50.1 Å². The molecule has 1 spiro atoms. The van der Waals surface area contributed by atoms with E-state index in [0.717, 1.165) is 49.5 Å². The Morgan fingerprint density at radius 3 is 2.88 bits per heavy atom. The maximum atomic E-state index is 13.2. The number of hydrogen-bond acceptors (Lipinski definition) is 4. The van der Waals surface area contributed by atoms with Crippen molar-refractivity contribution in [3.05, 3.63) is 59.9 Å². The first-order valence-corrected chi connectivity index (χ1v) is 9.49. The number of hydrogen-bond donors (Lipinski definition) is 2. The molecule has 0 bridgehead atoms. The van der Waals surface area contributed by atoms with Gasteiger partial charge in [0.2, 0.25) is 0 Å². The highest BCUT2D eigenvalue weighted by Crippen LogP contribution is 2.36. The summed E-state index contributed by atoms with van der Waals surface area (Å²) in [5.41, 5.74) is 2.88. The van der Waals surface area contributed by atoms with E-state index >= 15 is 0 Å². The first kappa shape index (κ1) is 17.0. The summed E-state index contributed by atoms with van der Waals surface area (Å²) in [5, 5.41) is 6.86. The van der Waals surface area contributed by atoms with Gasteiger partial charge in [-0.3, -0.25) is 9.78 Å². The lowest BCUT2D eigenvalue weighted by molar-refractivity contribution is 0.0554. The minimum Gasteiger partial charge on any atom is -0.379 e. The fourth-order valence-electron chi connectivity index (χ4n) is 4.21. The molecule has 26 heavy (non-hydrogen) atoms. The number of nitrogens with zero attached hydrogens (tertiary/aromatic N) is 2. The van der Waals surface area contributed by atoms with E-state index < -0.39 is 0 Å². The Bertz CT molecular complexity index is 756. The number of pyridine rings is 1. The molecule has 1 aromatic carbocycles. The van der Waals surface area contributed by atoms with Gasteiger partial charge in [0.15, 0.2) is 0 Å². The van der Waals surface area contributed by atoms with Crippen LogP contribution in [0.25, 0.3) is 0 Å². The van der Waals surface area contributed by atoms with Crippen LogP contribution in [-0.4, -0.2) is 42.0 Å². The van der Waals surface area contributed by atoms with Crippen molar-refractivity contribution in [2.45, 2.75) is 25.8 Å². The normalized spacial score (nSPS) is 22.5. The molecule has 136 valence electrons. The van der Waals surface area contributed by atoms with Gasteiger partial charge in [-0.2, -0.15) is 0 Å². The van der Waals surface area contributed by atoms with Crippen LogP contribution in [0.4, 0.5) is 5.69 Å². The molecule has 3 heterocycles. The topological polar surface area (TPSA) is 57.3 Å². The fourth-order valence-corrected chi connectivity index (χ4v) is 4.21. The number of anilines is 1. The fraction of sp³-hybridized carbons (Fsp3) is 0.429. The van der Waals surface area contributed by atoms with Gasteiger partial charge < -0.3 is 15.5 Å². The van der Waals surface area contributed by atoms with Crippen LogP contribution in [0, 0.1) is 5.41 Å². The highest BCUT2D eigenvalue weighted by atomic mass is 16.2. The summed E-state index contributed by atoms with van der Waals surface area (Å²) in [6.07, 6.45) is 5.29. The molecule has 1 atom stereocenters. The lowest BCUT2D eigenvalue weighted by Gasteiger charge is -2.40. The molecule has 2 fully saturated rings. The van der Waals surface area contributed by atoms with Crippen LogP contribution in [0.3, 0.4) is 0 Å². The molecule has 5 nitrogen and oxygen atoms in total. The van der Waals surface area contributed by atoms with Crippen LogP contribution in [-0.2, 0) is 6.54 Å². The third kappa shape index (κ3) is 3.58. The number of piperidine rings is 1. The van der Waals surface area contributed by atoms with Crippen LogP contribution >= 0.6 is 0 Å².